The monoisotopic (exact) mass is 190 g/mol. The Morgan fingerprint density at radius 3 is 3.00 bits per heavy atom. The first-order valence-electron chi connectivity index (χ1n) is 3.87. The van der Waals surface area contributed by atoms with Gasteiger partial charge in [0.25, 0.3) is 5.91 Å². The van der Waals surface area contributed by atoms with Gasteiger partial charge in [0.2, 0.25) is 0 Å². The van der Waals surface area contributed by atoms with Crippen molar-refractivity contribution in [3.8, 4) is 0 Å². The largest absolute Gasteiger partial charge is 0.416 e. The molecule has 0 saturated heterocycles. The van der Waals surface area contributed by atoms with Gasteiger partial charge in [0.15, 0.2) is 11.3 Å². The van der Waals surface area contributed by atoms with Crippen LogP contribution >= 0.6 is 0 Å². The predicted molar refractivity (Wildman–Crippen MR) is 48.8 cm³/mol. The maximum atomic E-state index is 11.3. The second-order valence-electron chi connectivity index (χ2n) is 2.70. The number of amides is 1. The van der Waals surface area contributed by atoms with Crippen molar-refractivity contribution in [2.45, 2.75) is 0 Å². The lowest BCUT2D eigenvalue weighted by atomic mass is 10.2. The van der Waals surface area contributed by atoms with Gasteiger partial charge in [-0.3, -0.25) is 4.79 Å². The number of pyridine rings is 1. The minimum atomic E-state index is -0.771. The summed E-state index contributed by atoms with van der Waals surface area (Å²) in [6.07, 6.45) is 1.48. The molecule has 0 saturated carbocycles. The van der Waals surface area contributed by atoms with Crippen LogP contribution in [0.25, 0.3) is 10.9 Å². The third-order valence-corrected chi connectivity index (χ3v) is 1.76. The maximum Gasteiger partial charge on any atom is 0.363 e. The number of rotatable bonds is 1. The van der Waals surface area contributed by atoms with Gasteiger partial charge in [-0.15, -0.1) is 0 Å². The van der Waals surface area contributed by atoms with Crippen molar-refractivity contribution in [2.24, 2.45) is 5.73 Å². The Morgan fingerprint density at radius 1 is 1.50 bits per heavy atom. The van der Waals surface area contributed by atoms with Crippen LogP contribution in [0.5, 0.6) is 0 Å². The van der Waals surface area contributed by atoms with E-state index in [9.17, 15) is 9.59 Å². The molecule has 5 heteroatoms. The number of nitrogens with two attached hydrogens (primary N) is 1. The summed E-state index contributed by atoms with van der Waals surface area (Å²) in [5.41, 5.74) is 4.52. The fourth-order valence-electron chi connectivity index (χ4n) is 1.15. The van der Waals surface area contributed by atoms with Gasteiger partial charge >= 0.3 is 5.63 Å². The van der Waals surface area contributed by atoms with Gasteiger partial charge in [-0.1, -0.05) is 6.07 Å². The Bertz CT molecular complexity index is 559. The smallest absolute Gasteiger partial charge is 0.363 e. The highest BCUT2D eigenvalue weighted by atomic mass is 16.4. The minimum absolute atomic E-state index is 0.157. The molecule has 5 nitrogen and oxygen atoms in total. The van der Waals surface area contributed by atoms with Crippen molar-refractivity contribution in [3.63, 3.8) is 0 Å². The molecule has 0 bridgehead atoms. The molecule has 0 spiro atoms. The van der Waals surface area contributed by atoms with E-state index in [2.05, 4.69) is 9.40 Å². The normalized spacial score (nSPS) is 10.3. The van der Waals surface area contributed by atoms with Gasteiger partial charge in [0, 0.05) is 11.6 Å². The highest BCUT2D eigenvalue weighted by Gasteiger charge is 2.08. The van der Waals surface area contributed by atoms with E-state index in [1.54, 1.807) is 12.1 Å². The van der Waals surface area contributed by atoms with Crippen LogP contribution in [0, 0.1) is 0 Å². The first-order chi connectivity index (χ1) is 6.68. The molecule has 2 aromatic heterocycles. The van der Waals surface area contributed by atoms with E-state index in [4.69, 9.17) is 5.73 Å². The lowest BCUT2D eigenvalue weighted by molar-refractivity contribution is 0.0970. The molecule has 0 unspecified atom stereocenters. The summed E-state index contributed by atoms with van der Waals surface area (Å²) in [5, 5.41) is 0.539. The molecular formula is C9H6N2O3. The molecule has 0 aliphatic carbocycles. The average Bonchev–Trinajstić information content (AvgIpc) is 2.17. The topological polar surface area (TPSA) is 86.2 Å². The number of fused-ring (bicyclic) bond motifs is 1. The zero-order valence-electron chi connectivity index (χ0n) is 7.06. The van der Waals surface area contributed by atoms with Gasteiger partial charge in [-0.25, -0.2) is 9.78 Å². The molecule has 0 aliphatic rings. The quantitative estimate of drug-likeness (QED) is 0.700. The number of carbonyl (C=O) groups excluding carboxylic acids is 1. The summed E-state index contributed by atoms with van der Waals surface area (Å²) < 4.78 is 4.66. The summed E-state index contributed by atoms with van der Waals surface area (Å²) in [6.45, 7) is 0. The van der Waals surface area contributed by atoms with Gasteiger partial charge < -0.3 is 10.2 Å². The average molecular weight is 190 g/mol. The lowest BCUT2D eigenvalue weighted by Crippen LogP contribution is -2.14. The fraction of sp³-hybridized carbons (Fsp3) is 0. The highest BCUT2D eigenvalue weighted by Crippen LogP contribution is 2.08. The van der Waals surface area contributed by atoms with Crippen LogP contribution in [0.1, 0.15) is 10.6 Å². The molecule has 0 radical (unpaired) electrons. The number of hydrogen-bond donors (Lipinski definition) is 1. The summed E-state index contributed by atoms with van der Waals surface area (Å²) >= 11 is 0. The van der Waals surface area contributed by atoms with E-state index in [0.29, 0.717) is 5.39 Å². The summed E-state index contributed by atoms with van der Waals surface area (Å²) in [5.74, 6) is -0.927. The molecule has 2 aromatic rings. The second kappa shape index (κ2) is 2.95. The number of aromatic nitrogens is 1. The van der Waals surface area contributed by atoms with Crippen LogP contribution in [0.2, 0.25) is 0 Å². The van der Waals surface area contributed by atoms with Gasteiger partial charge in [-0.05, 0) is 12.1 Å². The molecular weight excluding hydrogens is 184 g/mol. The van der Waals surface area contributed by atoms with Crippen LogP contribution in [-0.4, -0.2) is 10.9 Å². The minimum Gasteiger partial charge on any atom is -0.416 e. The zero-order valence-corrected chi connectivity index (χ0v) is 7.06. The molecule has 0 aliphatic heterocycles. The van der Waals surface area contributed by atoms with Crippen LogP contribution < -0.4 is 11.4 Å². The molecule has 1 amide bonds. The Labute approximate surface area is 78.2 Å². The first kappa shape index (κ1) is 8.43. The molecule has 0 aromatic carbocycles. The number of nitrogens with zero attached hydrogens (tertiary/aromatic N) is 1. The van der Waals surface area contributed by atoms with Crippen LogP contribution in [0.3, 0.4) is 0 Å². The van der Waals surface area contributed by atoms with Crippen molar-refractivity contribution in [1.82, 2.24) is 4.98 Å². The van der Waals surface area contributed by atoms with E-state index < -0.39 is 11.5 Å². The van der Waals surface area contributed by atoms with Crippen LogP contribution in [0.15, 0.2) is 33.6 Å². The third kappa shape index (κ3) is 1.24. The molecule has 2 rings (SSSR count). The molecule has 14 heavy (non-hydrogen) atoms. The molecule has 2 heterocycles. The second-order valence-corrected chi connectivity index (χ2v) is 2.70. The Morgan fingerprint density at radius 2 is 2.29 bits per heavy atom. The van der Waals surface area contributed by atoms with Crippen molar-refractivity contribution in [1.29, 1.82) is 0 Å². The first-order valence-corrected chi connectivity index (χ1v) is 3.87. The lowest BCUT2D eigenvalue weighted by Gasteiger charge is -1.96. The Hall–Kier alpha value is -2.17. The van der Waals surface area contributed by atoms with Gasteiger partial charge in [-0.2, -0.15) is 0 Å². The summed E-state index contributed by atoms with van der Waals surface area (Å²) in [7, 11) is 0. The summed E-state index contributed by atoms with van der Waals surface area (Å²) in [6, 6.07) is 4.71. The number of carbonyl (C=O) groups is 1. The van der Waals surface area contributed by atoms with E-state index in [1.807, 2.05) is 0 Å². The van der Waals surface area contributed by atoms with Crippen molar-refractivity contribution >= 4 is 16.8 Å². The Kier molecular flexibility index (Phi) is 1.78. The van der Waals surface area contributed by atoms with Crippen molar-refractivity contribution < 1.29 is 9.21 Å². The number of primary amides is 1. The van der Waals surface area contributed by atoms with Gasteiger partial charge in [0.05, 0.1) is 0 Å². The Balaban J connectivity index is 2.86. The molecule has 2 N–H and O–H groups in total. The maximum absolute atomic E-state index is 11.3. The van der Waals surface area contributed by atoms with Crippen LogP contribution in [0.4, 0.5) is 0 Å². The third-order valence-electron chi connectivity index (χ3n) is 1.76. The van der Waals surface area contributed by atoms with Gasteiger partial charge in [0.1, 0.15) is 0 Å². The SMILES string of the molecule is NC(=O)c1cc2cccnc2c(=O)o1. The molecule has 70 valence electrons. The van der Waals surface area contributed by atoms with E-state index in [1.165, 1.54) is 12.3 Å². The predicted octanol–water partition coefficient (Wildman–Crippen LogP) is 0.287. The van der Waals surface area contributed by atoms with E-state index in [-0.39, 0.29) is 11.3 Å². The highest BCUT2D eigenvalue weighted by molar-refractivity contribution is 5.93. The fourth-order valence-corrected chi connectivity index (χ4v) is 1.15. The van der Waals surface area contributed by atoms with E-state index >= 15 is 0 Å². The molecule has 0 atom stereocenters. The molecule has 0 fully saturated rings. The standard InChI is InChI=1S/C9H6N2O3/c10-8(12)6-4-5-2-1-3-11-7(5)9(13)14-6/h1-4H,(H2,10,12). The number of hydrogen-bond acceptors (Lipinski definition) is 4. The van der Waals surface area contributed by atoms with Crippen LogP contribution in [-0.2, 0) is 0 Å². The summed E-state index contributed by atoms with van der Waals surface area (Å²) in [4.78, 5) is 25.9. The zero-order chi connectivity index (χ0) is 10.1. The van der Waals surface area contributed by atoms with Crippen molar-refractivity contribution in [3.05, 3.63) is 40.6 Å². The van der Waals surface area contributed by atoms with Crippen molar-refractivity contribution in [2.75, 3.05) is 0 Å². The van der Waals surface area contributed by atoms with E-state index in [0.717, 1.165) is 0 Å².